The molecule has 7 nitrogen and oxygen atoms in total. The van der Waals surface area contributed by atoms with Gasteiger partial charge < -0.3 is 20.1 Å². The molecule has 0 aliphatic heterocycles. The predicted octanol–water partition coefficient (Wildman–Crippen LogP) is 2.98. The Morgan fingerprint density at radius 2 is 2.10 bits per heavy atom. The van der Waals surface area contributed by atoms with E-state index in [4.69, 9.17) is 15.0 Å². The summed E-state index contributed by atoms with van der Waals surface area (Å²) in [5.41, 5.74) is 6.16. The number of rotatable bonds is 2. The Kier molecular flexibility index (Phi) is 3.75. The lowest BCUT2D eigenvalue weighted by molar-refractivity contribution is 0.0635. The molecule has 4 N–H and O–H groups in total. The van der Waals surface area contributed by atoms with Gasteiger partial charge in [-0.2, -0.15) is 0 Å². The Hall–Kier alpha value is -2.70. The SMILES string of the molecule is CC(C)(C)OC(=O)Nc1c(O)cccc1-c1cnoc1N. The van der Waals surface area contributed by atoms with Crippen LogP contribution in [0.4, 0.5) is 16.4 Å². The number of aromatic nitrogens is 1. The molecule has 1 amide bonds. The number of anilines is 2. The molecule has 1 aromatic carbocycles. The Morgan fingerprint density at radius 3 is 2.67 bits per heavy atom. The van der Waals surface area contributed by atoms with Crippen LogP contribution < -0.4 is 11.1 Å². The smallest absolute Gasteiger partial charge is 0.412 e. The van der Waals surface area contributed by atoms with E-state index in [0.717, 1.165) is 0 Å². The normalized spacial score (nSPS) is 11.2. The van der Waals surface area contributed by atoms with Crippen LogP contribution in [0.25, 0.3) is 11.1 Å². The van der Waals surface area contributed by atoms with Gasteiger partial charge in [0, 0.05) is 5.56 Å². The van der Waals surface area contributed by atoms with Crippen LogP contribution in [0.3, 0.4) is 0 Å². The number of nitrogens with two attached hydrogens (primary N) is 1. The minimum absolute atomic E-state index is 0.0906. The van der Waals surface area contributed by atoms with Gasteiger partial charge in [0.15, 0.2) is 0 Å². The molecular formula is C14H17N3O4. The predicted molar refractivity (Wildman–Crippen MR) is 77.9 cm³/mol. The molecule has 0 aliphatic carbocycles. The van der Waals surface area contributed by atoms with E-state index in [1.807, 2.05) is 0 Å². The Balaban J connectivity index is 2.36. The van der Waals surface area contributed by atoms with Gasteiger partial charge in [0.2, 0.25) is 5.88 Å². The molecule has 2 aromatic rings. The van der Waals surface area contributed by atoms with E-state index in [1.165, 1.54) is 12.3 Å². The maximum atomic E-state index is 11.9. The number of para-hydroxylation sites is 1. The van der Waals surface area contributed by atoms with Crippen molar-refractivity contribution in [2.45, 2.75) is 26.4 Å². The maximum absolute atomic E-state index is 11.9. The number of nitrogens with one attached hydrogen (secondary N) is 1. The third kappa shape index (κ3) is 3.44. The quantitative estimate of drug-likeness (QED) is 0.733. The molecule has 7 heteroatoms. The average Bonchev–Trinajstić information content (AvgIpc) is 2.76. The van der Waals surface area contributed by atoms with Gasteiger partial charge in [-0.1, -0.05) is 17.3 Å². The van der Waals surface area contributed by atoms with Crippen LogP contribution in [0.15, 0.2) is 28.9 Å². The van der Waals surface area contributed by atoms with Gasteiger partial charge in [0.25, 0.3) is 0 Å². The number of carbonyl (C=O) groups excluding carboxylic acids is 1. The van der Waals surface area contributed by atoms with E-state index in [9.17, 15) is 9.90 Å². The van der Waals surface area contributed by atoms with Gasteiger partial charge >= 0.3 is 6.09 Å². The Bertz CT molecular complexity index is 658. The first kappa shape index (κ1) is 14.7. The Morgan fingerprint density at radius 1 is 1.38 bits per heavy atom. The lowest BCUT2D eigenvalue weighted by atomic mass is 10.1. The molecule has 0 saturated carbocycles. The molecule has 21 heavy (non-hydrogen) atoms. The summed E-state index contributed by atoms with van der Waals surface area (Å²) in [6, 6.07) is 4.74. The van der Waals surface area contributed by atoms with Crippen LogP contribution in [-0.4, -0.2) is 22.0 Å². The monoisotopic (exact) mass is 291 g/mol. The number of aromatic hydroxyl groups is 1. The highest BCUT2D eigenvalue weighted by molar-refractivity contribution is 5.95. The highest BCUT2D eigenvalue weighted by atomic mass is 16.6. The molecular weight excluding hydrogens is 274 g/mol. The molecule has 0 aliphatic rings. The van der Waals surface area contributed by atoms with E-state index in [2.05, 4.69) is 10.5 Å². The van der Waals surface area contributed by atoms with Crippen LogP contribution in [0.5, 0.6) is 5.75 Å². The van der Waals surface area contributed by atoms with Crippen LogP contribution in [0.2, 0.25) is 0 Å². The van der Waals surface area contributed by atoms with Crippen molar-refractivity contribution < 1.29 is 19.2 Å². The Labute approximate surface area is 121 Å². The van der Waals surface area contributed by atoms with Gasteiger partial charge in [-0.25, -0.2) is 4.79 Å². The summed E-state index contributed by atoms with van der Waals surface area (Å²) in [5, 5.41) is 16.1. The van der Waals surface area contributed by atoms with Gasteiger partial charge in [0.1, 0.15) is 11.4 Å². The molecule has 112 valence electrons. The van der Waals surface area contributed by atoms with Gasteiger partial charge in [-0.15, -0.1) is 0 Å². The average molecular weight is 291 g/mol. The molecule has 2 rings (SSSR count). The zero-order valence-corrected chi connectivity index (χ0v) is 12.0. The largest absolute Gasteiger partial charge is 0.506 e. The van der Waals surface area contributed by atoms with E-state index < -0.39 is 11.7 Å². The molecule has 0 unspecified atom stereocenters. The highest BCUT2D eigenvalue weighted by Crippen LogP contribution is 2.37. The van der Waals surface area contributed by atoms with Gasteiger partial charge in [-0.05, 0) is 26.8 Å². The van der Waals surface area contributed by atoms with Crippen molar-refractivity contribution in [3.63, 3.8) is 0 Å². The van der Waals surface area contributed by atoms with Gasteiger partial charge in [0.05, 0.1) is 17.4 Å². The van der Waals surface area contributed by atoms with Crippen molar-refractivity contribution in [3.8, 4) is 16.9 Å². The fourth-order valence-electron chi connectivity index (χ4n) is 1.75. The number of nitrogen functional groups attached to an aromatic ring is 1. The molecule has 1 aromatic heterocycles. The number of amides is 1. The van der Waals surface area contributed by atoms with Crippen molar-refractivity contribution in [1.29, 1.82) is 0 Å². The van der Waals surface area contributed by atoms with Crippen molar-refractivity contribution in [2.24, 2.45) is 0 Å². The number of hydrogen-bond donors (Lipinski definition) is 3. The molecule has 0 spiro atoms. The second-order valence-electron chi connectivity index (χ2n) is 5.43. The molecule has 0 bridgehead atoms. The number of ether oxygens (including phenoxy) is 1. The fourth-order valence-corrected chi connectivity index (χ4v) is 1.75. The lowest BCUT2D eigenvalue weighted by Crippen LogP contribution is -2.27. The highest BCUT2D eigenvalue weighted by Gasteiger charge is 2.20. The third-order valence-electron chi connectivity index (χ3n) is 2.56. The van der Waals surface area contributed by atoms with Crippen LogP contribution in [0, 0.1) is 0 Å². The maximum Gasteiger partial charge on any atom is 0.412 e. The van der Waals surface area contributed by atoms with Crippen molar-refractivity contribution in [3.05, 3.63) is 24.4 Å². The number of carbonyl (C=O) groups is 1. The summed E-state index contributed by atoms with van der Waals surface area (Å²) in [5.74, 6) is -0.0215. The minimum Gasteiger partial charge on any atom is -0.506 e. The summed E-state index contributed by atoms with van der Waals surface area (Å²) < 4.78 is 9.97. The van der Waals surface area contributed by atoms with Crippen molar-refractivity contribution in [2.75, 3.05) is 11.1 Å². The number of nitrogens with zero attached hydrogens (tertiary/aromatic N) is 1. The van der Waals surface area contributed by atoms with Crippen molar-refractivity contribution >= 4 is 17.7 Å². The number of phenols is 1. The zero-order chi connectivity index (χ0) is 15.6. The number of hydrogen-bond acceptors (Lipinski definition) is 6. The topological polar surface area (TPSA) is 111 Å². The summed E-state index contributed by atoms with van der Waals surface area (Å²) >= 11 is 0. The van der Waals surface area contributed by atoms with E-state index in [0.29, 0.717) is 11.1 Å². The summed E-state index contributed by atoms with van der Waals surface area (Å²) in [6.45, 7) is 5.24. The number of phenolic OH excluding ortho intramolecular Hbond substituents is 1. The van der Waals surface area contributed by atoms with E-state index in [-0.39, 0.29) is 17.3 Å². The van der Waals surface area contributed by atoms with Crippen molar-refractivity contribution in [1.82, 2.24) is 5.16 Å². The van der Waals surface area contributed by atoms with Crippen LogP contribution in [-0.2, 0) is 4.74 Å². The molecule has 0 saturated heterocycles. The first-order valence-electron chi connectivity index (χ1n) is 6.30. The first-order valence-corrected chi connectivity index (χ1v) is 6.30. The molecule has 0 atom stereocenters. The summed E-state index contributed by atoms with van der Waals surface area (Å²) in [7, 11) is 0. The fraction of sp³-hybridized carbons (Fsp3) is 0.286. The lowest BCUT2D eigenvalue weighted by Gasteiger charge is -2.20. The summed E-state index contributed by atoms with van der Waals surface area (Å²) in [4.78, 5) is 11.9. The molecule has 1 heterocycles. The van der Waals surface area contributed by atoms with Crippen LogP contribution >= 0.6 is 0 Å². The van der Waals surface area contributed by atoms with Gasteiger partial charge in [-0.3, -0.25) is 5.32 Å². The standard InChI is InChI=1S/C14H17N3O4/c1-14(2,3)20-13(19)17-11-8(5-4-6-10(11)18)9-7-16-21-12(9)15/h4-7,18H,15H2,1-3H3,(H,17,19). The van der Waals surface area contributed by atoms with E-state index in [1.54, 1.807) is 32.9 Å². The summed E-state index contributed by atoms with van der Waals surface area (Å²) in [6.07, 6.45) is 0.727. The molecule has 0 radical (unpaired) electrons. The molecule has 0 fully saturated rings. The zero-order valence-electron chi connectivity index (χ0n) is 12.0. The second kappa shape index (κ2) is 5.35. The van der Waals surface area contributed by atoms with Crippen LogP contribution in [0.1, 0.15) is 20.8 Å². The minimum atomic E-state index is -0.680. The van der Waals surface area contributed by atoms with E-state index >= 15 is 0 Å². The number of benzene rings is 1. The first-order chi connectivity index (χ1) is 9.78. The third-order valence-corrected chi connectivity index (χ3v) is 2.56. The second-order valence-corrected chi connectivity index (χ2v) is 5.43.